The Bertz CT molecular complexity index is 813. The molecule has 0 aromatic heterocycles. The number of para-hydroxylation sites is 1. The Morgan fingerprint density at radius 2 is 1.85 bits per heavy atom. The fourth-order valence-electron chi connectivity index (χ4n) is 3.42. The predicted octanol–water partition coefficient (Wildman–Crippen LogP) is 4.72. The Balaban J connectivity index is 1.71. The van der Waals surface area contributed by atoms with Crippen LogP contribution in [0.25, 0.3) is 0 Å². The quantitative estimate of drug-likeness (QED) is 0.550. The number of aryl methyl sites for hydroxylation is 1. The topological polar surface area (TPSA) is 46.6 Å². The summed E-state index contributed by atoms with van der Waals surface area (Å²) >= 11 is 0. The number of hydrogen-bond donors (Lipinski definition) is 0. The van der Waals surface area contributed by atoms with Crippen LogP contribution in [0.5, 0.6) is 5.75 Å². The van der Waals surface area contributed by atoms with Crippen molar-refractivity contribution in [3.63, 3.8) is 0 Å². The van der Waals surface area contributed by atoms with Crippen molar-refractivity contribution < 1.29 is 14.3 Å². The SMILES string of the molecule is CCc1ccc(N2C[C@H](C(=O)Oc3ccccc3[C@@H](C)CC)CC2=O)cc1. The maximum atomic E-state index is 12.7. The average molecular weight is 365 g/mol. The summed E-state index contributed by atoms with van der Waals surface area (Å²) in [6, 6.07) is 15.6. The molecule has 4 nitrogen and oxygen atoms in total. The molecule has 0 unspecified atom stereocenters. The monoisotopic (exact) mass is 365 g/mol. The minimum Gasteiger partial charge on any atom is -0.426 e. The molecule has 3 rings (SSSR count). The number of benzene rings is 2. The van der Waals surface area contributed by atoms with Gasteiger partial charge in [-0.15, -0.1) is 0 Å². The molecule has 1 aliphatic rings. The third-order valence-corrected chi connectivity index (χ3v) is 5.39. The molecule has 0 N–H and O–H groups in total. The van der Waals surface area contributed by atoms with Gasteiger partial charge in [0.25, 0.3) is 0 Å². The van der Waals surface area contributed by atoms with Crippen LogP contribution in [0.15, 0.2) is 48.5 Å². The molecule has 2 aromatic rings. The first kappa shape index (κ1) is 19.2. The first-order chi connectivity index (χ1) is 13.0. The average Bonchev–Trinajstić information content (AvgIpc) is 3.09. The summed E-state index contributed by atoms with van der Waals surface area (Å²) in [5.74, 6) is 0.124. The molecule has 2 aromatic carbocycles. The van der Waals surface area contributed by atoms with Crippen LogP contribution in [-0.2, 0) is 16.0 Å². The lowest BCUT2D eigenvalue weighted by Gasteiger charge is -2.18. The normalized spacial score (nSPS) is 17.8. The van der Waals surface area contributed by atoms with Crippen molar-refractivity contribution in [3.8, 4) is 5.75 Å². The molecule has 0 aliphatic carbocycles. The fraction of sp³-hybridized carbons (Fsp3) is 0.391. The van der Waals surface area contributed by atoms with Gasteiger partial charge in [0.1, 0.15) is 5.75 Å². The standard InChI is InChI=1S/C23H27NO3/c1-4-16(3)20-8-6-7-9-21(20)27-23(26)18-14-22(25)24(15-18)19-12-10-17(5-2)11-13-19/h6-13,16,18H,4-5,14-15H2,1-3H3/t16-,18+/m0/s1. The second-order valence-corrected chi connectivity index (χ2v) is 7.19. The van der Waals surface area contributed by atoms with E-state index in [0.29, 0.717) is 18.2 Å². The van der Waals surface area contributed by atoms with E-state index in [1.54, 1.807) is 4.90 Å². The summed E-state index contributed by atoms with van der Waals surface area (Å²) in [6.45, 7) is 6.70. The van der Waals surface area contributed by atoms with Crippen LogP contribution in [0.2, 0.25) is 0 Å². The Labute approximate surface area is 161 Å². The van der Waals surface area contributed by atoms with Crippen LogP contribution >= 0.6 is 0 Å². The molecule has 1 aliphatic heterocycles. The Kier molecular flexibility index (Phi) is 5.94. The lowest BCUT2D eigenvalue weighted by molar-refractivity contribution is -0.139. The van der Waals surface area contributed by atoms with Crippen molar-refractivity contribution in [1.82, 2.24) is 0 Å². The second kappa shape index (κ2) is 8.38. The summed E-state index contributed by atoms with van der Waals surface area (Å²) in [4.78, 5) is 26.8. The summed E-state index contributed by atoms with van der Waals surface area (Å²) in [5.41, 5.74) is 3.10. The Morgan fingerprint density at radius 1 is 1.15 bits per heavy atom. The maximum absolute atomic E-state index is 12.7. The van der Waals surface area contributed by atoms with Gasteiger partial charge >= 0.3 is 5.97 Å². The van der Waals surface area contributed by atoms with Gasteiger partial charge in [0, 0.05) is 18.7 Å². The molecule has 1 heterocycles. The van der Waals surface area contributed by atoms with E-state index in [9.17, 15) is 9.59 Å². The van der Waals surface area contributed by atoms with Crippen molar-refractivity contribution in [2.75, 3.05) is 11.4 Å². The number of carbonyl (C=O) groups is 2. The molecule has 142 valence electrons. The number of rotatable bonds is 6. The van der Waals surface area contributed by atoms with E-state index in [2.05, 4.69) is 20.8 Å². The number of carbonyl (C=O) groups excluding carboxylic acids is 2. The van der Waals surface area contributed by atoms with Crippen molar-refractivity contribution in [3.05, 3.63) is 59.7 Å². The van der Waals surface area contributed by atoms with Crippen LogP contribution in [0.1, 0.15) is 50.7 Å². The minimum absolute atomic E-state index is 0.0311. The largest absolute Gasteiger partial charge is 0.426 e. The molecule has 0 bridgehead atoms. The molecule has 1 amide bonds. The van der Waals surface area contributed by atoms with E-state index < -0.39 is 5.92 Å². The van der Waals surface area contributed by atoms with E-state index in [0.717, 1.165) is 24.1 Å². The molecular weight excluding hydrogens is 338 g/mol. The molecule has 1 saturated heterocycles. The molecule has 4 heteroatoms. The number of esters is 1. The zero-order valence-electron chi connectivity index (χ0n) is 16.3. The van der Waals surface area contributed by atoms with Gasteiger partial charge in [-0.2, -0.15) is 0 Å². The second-order valence-electron chi connectivity index (χ2n) is 7.19. The van der Waals surface area contributed by atoms with Gasteiger partial charge in [-0.05, 0) is 48.1 Å². The van der Waals surface area contributed by atoms with Gasteiger partial charge in [0.15, 0.2) is 0 Å². The molecule has 0 radical (unpaired) electrons. The van der Waals surface area contributed by atoms with Gasteiger partial charge in [0.2, 0.25) is 5.91 Å². The summed E-state index contributed by atoms with van der Waals surface area (Å²) in [5, 5.41) is 0. The third-order valence-electron chi connectivity index (χ3n) is 5.39. The smallest absolute Gasteiger partial charge is 0.316 e. The van der Waals surface area contributed by atoms with Crippen LogP contribution in [-0.4, -0.2) is 18.4 Å². The summed E-state index contributed by atoms with van der Waals surface area (Å²) in [6.07, 6.45) is 2.12. The van der Waals surface area contributed by atoms with E-state index in [-0.39, 0.29) is 18.3 Å². The van der Waals surface area contributed by atoms with Gasteiger partial charge in [0.05, 0.1) is 5.92 Å². The summed E-state index contributed by atoms with van der Waals surface area (Å²) < 4.78 is 5.70. The van der Waals surface area contributed by atoms with Gasteiger partial charge in [-0.1, -0.05) is 51.1 Å². The lowest BCUT2D eigenvalue weighted by atomic mass is 9.98. The first-order valence-corrected chi connectivity index (χ1v) is 9.73. The van der Waals surface area contributed by atoms with E-state index in [1.807, 2.05) is 48.5 Å². The van der Waals surface area contributed by atoms with Crippen LogP contribution in [0.3, 0.4) is 0 Å². The van der Waals surface area contributed by atoms with Gasteiger partial charge < -0.3 is 9.64 Å². The van der Waals surface area contributed by atoms with E-state index in [1.165, 1.54) is 5.56 Å². The van der Waals surface area contributed by atoms with Crippen LogP contribution < -0.4 is 9.64 Å². The highest BCUT2D eigenvalue weighted by atomic mass is 16.5. The van der Waals surface area contributed by atoms with Crippen LogP contribution in [0.4, 0.5) is 5.69 Å². The number of amides is 1. The molecule has 1 fully saturated rings. The molecular formula is C23H27NO3. The van der Waals surface area contributed by atoms with Crippen molar-refractivity contribution >= 4 is 17.6 Å². The van der Waals surface area contributed by atoms with E-state index in [4.69, 9.17) is 4.74 Å². The van der Waals surface area contributed by atoms with Gasteiger partial charge in [-0.3, -0.25) is 9.59 Å². The first-order valence-electron chi connectivity index (χ1n) is 9.73. The number of anilines is 1. The van der Waals surface area contributed by atoms with Crippen molar-refractivity contribution in [2.24, 2.45) is 5.92 Å². The number of ether oxygens (including phenoxy) is 1. The number of hydrogen-bond acceptors (Lipinski definition) is 3. The highest BCUT2D eigenvalue weighted by Crippen LogP contribution is 2.31. The van der Waals surface area contributed by atoms with Gasteiger partial charge in [-0.25, -0.2) is 0 Å². The van der Waals surface area contributed by atoms with Crippen molar-refractivity contribution in [2.45, 2.75) is 46.0 Å². The Hall–Kier alpha value is -2.62. The minimum atomic E-state index is -0.437. The molecule has 2 atom stereocenters. The lowest BCUT2D eigenvalue weighted by Crippen LogP contribution is -2.27. The fourth-order valence-corrected chi connectivity index (χ4v) is 3.42. The third kappa shape index (κ3) is 4.21. The predicted molar refractivity (Wildman–Crippen MR) is 107 cm³/mol. The molecule has 0 saturated carbocycles. The maximum Gasteiger partial charge on any atom is 0.316 e. The van der Waals surface area contributed by atoms with Crippen LogP contribution in [0, 0.1) is 5.92 Å². The highest BCUT2D eigenvalue weighted by molar-refractivity contribution is 5.99. The Morgan fingerprint density at radius 3 is 2.52 bits per heavy atom. The zero-order chi connectivity index (χ0) is 19.4. The molecule has 27 heavy (non-hydrogen) atoms. The number of nitrogens with zero attached hydrogens (tertiary/aromatic N) is 1. The molecule has 0 spiro atoms. The van der Waals surface area contributed by atoms with E-state index >= 15 is 0 Å². The zero-order valence-corrected chi connectivity index (χ0v) is 16.3. The highest BCUT2D eigenvalue weighted by Gasteiger charge is 2.36. The summed E-state index contributed by atoms with van der Waals surface area (Å²) in [7, 11) is 0. The van der Waals surface area contributed by atoms with Crippen molar-refractivity contribution in [1.29, 1.82) is 0 Å².